The molecular formula is C80H142NO8P. The van der Waals surface area contributed by atoms with E-state index < -0.39 is 26.5 Å². The number of phosphoric ester groups is 1. The number of ether oxygens (including phenoxy) is 2. The minimum absolute atomic E-state index is 0.0358. The number of unbranched alkanes of at least 4 members (excludes halogenated alkanes) is 37. The summed E-state index contributed by atoms with van der Waals surface area (Å²) in [6.45, 7) is 4.13. The van der Waals surface area contributed by atoms with E-state index in [0.717, 1.165) is 96.3 Å². The van der Waals surface area contributed by atoms with Crippen molar-refractivity contribution < 1.29 is 42.1 Å². The van der Waals surface area contributed by atoms with Crippen molar-refractivity contribution >= 4 is 19.8 Å². The summed E-state index contributed by atoms with van der Waals surface area (Å²) >= 11 is 0. The van der Waals surface area contributed by atoms with Gasteiger partial charge in [-0.3, -0.25) is 14.2 Å². The minimum Gasteiger partial charge on any atom is -0.756 e. The van der Waals surface area contributed by atoms with Gasteiger partial charge in [-0.15, -0.1) is 0 Å². The maximum absolute atomic E-state index is 12.9. The summed E-state index contributed by atoms with van der Waals surface area (Å²) in [4.78, 5) is 38.1. The van der Waals surface area contributed by atoms with E-state index in [2.05, 4.69) is 123 Å². The van der Waals surface area contributed by atoms with E-state index in [4.69, 9.17) is 18.5 Å². The number of carbonyl (C=O) groups is 2. The molecule has 0 spiro atoms. The molecule has 0 aliphatic rings. The zero-order valence-corrected chi connectivity index (χ0v) is 60.2. The Morgan fingerprint density at radius 2 is 0.633 bits per heavy atom. The first-order valence-electron chi connectivity index (χ1n) is 37.6. The highest BCUT2D eigenvalue weighted by Gasteiger charge is 2.22. The molecule has 90 heavy (non-hydrogen) atoms. The van der Waals surface area contributed by atoms with Crippen LogP contribution in [-0.4, -0.2) is 70.0 Å². The Morgan fingerprint density at radius 1 is 0.356 bits per heavy atom. The van der Waals surface area contributed by atoms with Crippen LogP contribution in [0.15, 0.2) is 109 Å². The zero-order valence-electron chi connectivity index (χ0n) is 59.3. The number of hydrogen-bond acceptors (Lipinski definition) is 8. The molecule has 520 valence electrons. The Kier molecular flexibility index (Phi) is 67.4. The smallest absolute Gasteiger partial charge is 0.306 e. The van der Waals surface area contributed by atoms with Gasteiger partial charge in [0.1, 0.15) is 19.8 Å². The molecule has 10 heteroatoms. The molecule has 0 aromatic rings. The molecule has 0 fully saturated rings. The van der Waals surface area contributed by atoms with Gasteiger partial charge in [0.25, 0.3) is 7.82 Å². The van der Waals surface area contributed by atoms with Crippen molar-refractivity contribution in [3.63, 3.8) is 0 Å². The summed E-state index contributed by atoms with van der Waals surface area (Å²) in [7, 11) is 1.16. The van der Waals surface area contributed by atoms with Gasteiger partial charge in [-0.2, -0.15) is 0 Å². The van der Waals surface area contributed by atoms with E-state index in [1.165, 1.54) is 205 Å². The van der Waals surface area contributed by atoms with Crippen LogP contribution < -0.4 is 4.89 Å². The van der Waals surface area contributed by atoms with Gasteiger partial charge in [0, 0.05) is 12.8 Å². The van der Waals surface area contributed by atoms with Crippen LogP contribution in [0.25, 0.3) is 0 Å². The standard InChI is InChI=1S/C80H142NO8P/c1-6-8-10-12-14-16-18-20-22-24-26-28-30-32-34-35-36-37-38-39-40-41-42-43-44-45-47-48-50-52-54-56-58-60-62-64-66-68-70-72-79(82)86-76-78(77-88-90(84,85)87-75-74-81(3,4)5)89-80(83)73-71-69-67-65-63-61-59-57-55-53-51-49-46-33-31-29-27-25-23-21-19-17-15-13-11-9-7-2/h9,11,15,17-18,20-21,23-24,26-27,29-30,32-33,46,51,53,78H,6-8,10,12-14,16,19,22,25,28,31,34-45,47-50,52,54-77H2,1-5H3/b11-9-,17-15-,20-18-,23-21-,26-24-,29-27-,32-30-,46-33-,53-51-. The Hall–Kier alpha value is -3.33. The predicted octanol–water partition coefficient (Wildman–Crippen LogP) is 24.2. The van der Waals surface area contributed by atoms with Crippen LogP contribution in [0.5, 0.6) is 0 Å². The van der Waals surface area contributed by atoms with Crippen LogP contribution in [0.3, 0.4) is 0 Å². The lowest BCUT2D eigenvalue weighted by molar-refractivity contribution is -0.870. The second kappa shape index (κ2) is 70.0. The first-order valence-corrected chi connectivity index (χ1v) is 39.1. The first-order chi connectivity index (χ1) is 44.0. The summed E-state index contributed by atoms with van der Waals surface area (Å²) in [5.41, 5.74) is 0. The van der Waals surface area contributed by atoms with Crippen molar-refractivity contribution in [2.45, 2.75) is 341 Å². The summed E-state index contributed by atoms with van der Waals surface area (Å²) in [5.74, 6) is -0.835. The monoisotopic (exact) mass is 1280 g/mol. The molecule has 0 N–H and O–H groups in total. The van der Waals surface area contributed by atoms with Crippen LogP contribution >= 0.6 is 7.82 Å². The first kappa shape index (κ1) is 86.7. The maximum Gasteiger partial charge on any atom is 0.306 e. The van der Waals surface area contributed by atoms with Crippen LogP contribution in [-0.2, 0) is 32.7 Å². The summed E-state index contributed by atoms with van der Waals surface area (Å²) in [5, 5.41) is 0. The van der Waals surface area contributed by atoms with E-state index in [0.29, 0.717) is 17.4 Å². The molecule has 9 nitrogen and oxygen atoms in total. The van der Waals surface area contributed by atoms with E-state index in [1.807, 2.05) is 21.1 Å². The molecule has 2 atom stereocenters. The molecule has 0 saturated carbocycles. The van der Waals surface area contributed by atoms with E-state index in [9.17, 15) is 19.0 Å². The molecule has 0 saturated heterocycles. The fraction of sp³-hybridized carbons (Fsp3) is 0.750. The second-order valence-corrected chi connectivity index (χ2v) is 27.7. The van der Waals surface area contributed by atoms with E-state index in [1.54, 1.807) is 0 Å². The van der Waals surface area contributed by atoms with E-state index >= 15 is 0 Å². The quantitative estimate of drug-likeness (QED) is 0.0195. The van der Waals surface area contributed by atoms with Crippen LogP contribution in [0.1, 0.15) is 335 Å². The van der Waals surface area contributed by atoms with Gasteiger partial charge in [0.2, 0.25) is 0 Å². The number of hydrogen-bond donors (Lipinski definition) is 0. The van der Waals surface area contributed by atoms with Crippen LogP contribution in [0.2, 0.25) is 0 Å². The molecule has 0 aliphatic heterocycles. The van der Waals surface area contributed by atoms with Gasteiger partial charge < -0.3 is 27.9 Å². The molecule has 0 bridgehead atoms. The Morgan fingerprint density at radius 3 is 0.944 bits per heavy atom. The minimum atomic E-state index is -4.65. The lowest BCUT2D eigenvalue weighted by Gasteiger charge is -2.28. The largest absolute Gasteiger partial charge is 0.756 e. The summed E-state index contributed by atoms with van der Waals surface area (Å²) < 4.78 is 34.3. The van der Waals surface area contributed by atoms with Crippen molar-refractivity contribution in [1.29, 1.82) is 0 Å². The molecule has 0 aromatic heterocycles. The number of carbonyl (C=O) groups excluding carboxylic acids is 2. The fourth-order valence-corrected chi connectivity index (χ4v) is 11.3. The SMILES string of the molecule is CC/C=C\C/C=C\C/C=C\C/C=C\C/C=C\C/C=C\CCCCCCCCCCC(=O)OC(COC(=O)CCCCCCCCCCCCCCCCCCCCCCCCCC/C=C\C/C=C\C/C=C\CCCCCCC)COP(=O)([O-])OCC[N+](C)(C)C. The summed E-state index contributed by atoms with van der Waals surface area (Å²) in [6.07, 6.45) is 99.1. The van der Waals surface area contributed by atoms with Crippen molar-refractivity contribution in [1.82, 2.24) is 0 Å². The third kappa shape index (κ3) is 73.7. The molecule has 0 radical (unpaired) electrons. The van der Waals surface area contributed by atoms with Gasteiger partial charge in [0.15, 0.2) is 6.10 Å². The average molecular weight is 1280 g/mol. The highest BCUT2D eigenvalue weighted by molar-refractivity contribution is 7.45. The van der Waals surface area contributed by atoms with Crippen molar-refractivity contribution in [2.75, 3.05) is 47.5 Å². The lowest BCUT2D eigenvalue weighted by atomic mass is 10.0. The van der Waals surface area contributed by atoms with Crippen molar-refractivity contribution in [2.24, 2.45) is 0 Å². The van der Waals surface area contributed by atoms with Crippen molar-refractivity contribution in [3.05, 3.63) is 109 Å². The molecule has 0 rings (SSSR count). The Labute approximate surface area is 556 Å². The number of likely N-dealkylation sites (N-methyl/N-ethyl adjacent to an activating group) is 1. The topological polar surface area (TPSA) is 111 Å². The highest BCUT2D eigenvalue weighted by atomic mass is 31.2. The maximum atomic E-state index is 12.9. The molecule has 0 heterocycles. The summed E-state index contributed by atoms with van der Waals surface area (Å²) in [6, 6.07) is 0. The predicted molar refractivity (Wildman–Crippen MR) is 388 cm³/mol. The Bertz CT molecular complexity index is 1890. The highest BCUT2D eigenvalue weighted by Crippen LogP contribution is 2.38. The van der Waals surface area contributed by atoms with E-state index in [-0.39, 0.29) is 32.0 Å². The van der Waals surface area contributed by atoms with Crippen molar-refractivity contribution in [3.8, 4) is 0 Å². The van der Waals surface area contributed by atoms with Gasteiger partial charge in [-0.05, 0) is 103 Å². The van der Waals surface area contributed by atoms with Gasteiger partial charge >= 0.3 is 11.9 Å². The number of allylic oxidation sites excluding steroid dienone is 18. The van der Waals surface area contributed by atoms with Gasteiger partial charge in [-0.1, -0.05) is 329 Å². The number of nitrogens with zero attached hydrogens (tertiary/aromatic N) is 1. The number of esters is 2. The number of phosphoric acid groups is 1. The normalized spacial score (nSPS) is 13.7. The van der Waals surface area contributed by atoms with Crippen LogP contribution in [0.4, 0.5) is 0 Å². The lowest BCUT2D eigenvalue weighted by Crippen LogP contribution is -2.37. The molecule has 2 unspecified atom stereocenters. The Balaban J connectivity index is 3.98. The van der Waals surface area contributed by atoms with Crippen LogP contribution in [0, 0.1) is 0 Å². The number of rotatable bonds is 69. The number of quaternary nitrogens is 1. The molecule has 0 aromatic carbocycles. The fourth-order valence-electron chi connectivity index (χ4n) is 10.6. The third-order valence-electron chi connectivity index (χ3n) is 16.3. The molecule has 0 amide bonds. The third-order valence-corrected chi connectivity index (χ3v) is 17.2. The molecule has 0 aliphatic carbocycles. The zero-order chi connectivity index (χ0) is 65.5. The molecular weight excluding hydrogens is 1130 g/mol. The van der Waals surface area contributed by atoms with Gasteiger partial charge in [-0.25, -0.2) is 0 Å². The second-order valence-electron chi connectivity index (χ2n) is 26.3. The van der Waals surface area contributed by atoms with Gasteiger partial charge in [0.05, 0.1) is 27.7 Å². The average Bonchev–Trinajstić information content (AvgIpc) is 3.61.